The summed E-state index contributed by atoms with van der Waals surface area (Å²) in [6.45, 7) is 12.8. The van der Waals surface area contributed by atoms with Gasteiger partial charge in [0, 0.05) is 12.8 Å². The lowest BCUT2D eigenvalue weighted by molar-refractivity contribution is -0.159. The van der Waals surface area contributed by atoms with Gasteiger partial charge in [-0.25, -0.2) is 0 Å². The Bertz CT molecular complexity index is 262. The second-order valence-electron chi connectivity index (χ2n) is 7.67. The van der Waals surface area contributed by atoms with Gasteiger partial charge in [-0.1, -0.05) is 41.5 Å². The monoisotopic (exact) mass is 270 g/mol. The van der Waals surface area contributed by atoms with E-state index in [1.807, 2.05) is 0 Å². The fraction of sp³-hybridized carbons (Fsp3) is 0.875. The van der Waals surface area contributed by atoms with Crippen molar-refractivity contribution < 1.29 is 14.3 Å². The Balaban J connectivity index is 3.73. The van der Waals surface area contributed by atoms with E-state index in [-0.39, 0.29) is 22.8 Å². The Hall–Kier alpha value is -0.860. The molecule has 0 fully saturated rings. The van der Waals surface area contributed by atoms with Crippen molar-refractivity contribution in [3.8, 4) is 0 Å². The molecule has 0 heterocycles. The number of ether oxygens (including phenoxy) is 1. The summed E-state index contributed by atoms with van der Waals surface area (Å²) < 4.78 is 4.80. The van der Waals surface area contributed by atoms with Crippen molar-refractivity contribution in [2.45, 2.75) is 80.1 Å². The molecule has 0 amide bonds. The van der Waals surface area contributed by atoms with Crippen molar-refractivity contribution in [3.63, 3.8) is 0 Å². The minimum atomic E-state index is -0.384. The quantitative estimate of drug-likeness (QED) is 0.527. The van der Waals surface area contributed by atoms with E-state index in [4.69, 9.17) is 4.74 Å². The topological polar surface area (TPSA) is 43.4 Å². The molecule has 0 atom stereocenters. The summed E-state index contributed by atoms with van der Waals surface area (Å²) in [7, 11) is 0. The summed E-state index contributed by atoms with van der Waals surface area (Å²) >= 11 is 0. The van der Waals surface area contributed by atoms with Gasteiger partial charge < -0.3 is 4.74 Å². The second-order valence-corrected chi connectivity index (χ2v) is 7.67. The third-order valence-electron chi connectivity index (χ3n) is 2.84. The molecule has 112 valence electrons. The first kappa shape index (κ1) is 18.1. The zero-order chi connectivity index (χ0) is 15.1. The molecule has 0 N–H and O–H groups in total. The first-order chi connectivity index (χ1) is 8.49. The Morgan fingerprint density at radius 3 is 1.32 bits per heavy atom. The highest BCUT2D eigenvalue weighted by Gasteiger charge is 2.15. The molecule has 0 unspecified atom stereocenters. The van der Waals surface area contributed by atoms with Gasteiger partial charge >= 0.3 is 11.9 Å². The summed E-state index contributed by atoms with van der Waals surface area (Å²) in [5.41, 5.74) is 0.438. The number of rotatable bonds is 6. The van der Waals surface area contributed by atoms with Gasteiger partial charge in [-0.05, 0) is 36.5 Å². The predicted molar refractivity (Wildman–Crippen MR) is 77.7 cm³/mol. The maximum atomic E-state index is 11.5. The number of hydrogen-bond donors (Lipinski definition) is 0. The fourth-order valence-corrected chi connectivity index (χ4v) is 1.76. The van der Waals surface area contributed by atoms with Crippen LogP contribution in [0.2, 0.25) is 0 Å². The Kier molecular flexibility index (Phi) is 7.32. The molecule has 19 heavy (non-hydrogen) atoms. The zero-order valence-corrected chi connectivity index (χ0v) is 13.5. The highest BCUT2D eigenvalue weighted by atomic mass is 16.6. The van der Waals surface area contributed by atoms with E-state index >= 15 is 0 Å². The average molecular weight is 270 g/mol. The minimum absolute atomic E-state index is 0.219. The van der Waals surface area contributed by atoms with Crippen LogP contribution in [0.25, 0.3) is 0 Å². The molecular formula is C16H30O3. The summed E-state index contributed by atoms with van der Waals surface area (Å²) in [5, 5.41) is 0. The van der Waals surface area contributed by atoms with Crippen molar-refractivity contribution >= 4 is 11.9 Å². The van der Waals surface area contributed by atoms with E-state index in [1.54, 1.807) is 0 Å². The summed E-state index contributed by atoms with van der Waals surface area (Å²) in [4.78, 5) is 22.9. The standard InChI is InChI=1S/C16H30O3/c1-15(2,3)11-7-9-13(17)19-14(18)10-8-12-16(4,5)6/h7-12H2,1-6H3. The van der Waals surface area contributed by atoms with E-state index in [0.717, 1.165) is 25.7 Å². The Labute approximate surface area is 118 Å². The van der Waals surface area contributed by atoms with Gasteiger partial charge in [0.15, 0.2) is 0 Å². The van der Waals surface area contributed by atoms with E-state index in [0.29, 0.717) is 12.8 Å². The second kappa shape index (κ2) is 7.66. The van der Waals surface area contributed by atoms with Gasteiger partial charge in [-0.2, -0.15) is 0 Å². The third-order valence-corrected chi connectivity index (χ3v) is 2.84. The van der Waals surface area contributed by atoms with Crippen molar-refractivity contribution in [1.82, 2.24) is 0 Å². The molecule has 0 aromatic rings. The van der Waals surface area contributed by atoms with Crippen LogP contribution in [-0.4, -0.2) is 11.9 Å². The average Bonchev–Trinajstić information content (AvgIpc) is 2.12. The maximum Gasteiger partial charge on any atom is 0.313 e. The highest BCUT2D eigenvalue weighted by molar-refractivity contribution is 5.85. The van der Waals surface area contributed by atoms with Gasteiger partial charge in [0.1, 0.15) is 0 Å². The van der Waals surface area contributed by atoms with Gasteiger partial charge in [-0.3, -0.25) is 9.59 Å². The van der Waals surface area contributed by atoms with Gasteiger partial charge in [-0.15, -0.1) is 0 Å². The fourth-order valence-electron chi connectivity index (χ4n) is 1.76. The van der Waals surface area contributed by atoms with E-state index in [1.165, 1.54) is 0 Å². The van der Waals surface area contributed by atoms with E-state index in [9.17, 15) is 9.59 Å². The molecule has 3 nitrogen and oxygen atoms in total. The molecule has 0 aliphatic heterocycles. The van der Waals surface area contributed by atoms with Gasteiger partial charge in [0.05, 0.1) is 0 Å². The summed E-state index contributed by atoms with van der Waals surface area (Å²) in [6, 6.07) is 0. The number of hydrogen-bond acceptors (Lipinski definition) is 3. The zero-order valence-electron chi connectivity index (χ0n) is 13.5. The molecular weight excluding hydrogens is 240 g/mol. The normalized spacial score (nSPS) is 12.3. The highest BCUT2D eigenvalue weighted by Crippen LogP contribution is 2.22. The summed E-state index contributed by atoms with van der Waals surface area (Å²) in [5.74, 6) is -0.769. The Morgan fingerprint density at radius 2 is 1.05 bits per heavy atom. The van der Waals surface area contributed by atoms with Crippen LogP contribution in [0.1, 0.15) is 80.1 Å². The number of carbonyl (C=O) groups is 2. The predicted octanol–water partition coefficient (Wildman–Crippen LogP) is 4.49. The smallest absolute Gasteiger partial charge is 0.313 e. The molecule has 0 aliphatic carbocycles. The Morgan fingerprint density at radius 1 is 0.737 bits per heavy atom. The van der Waals surface area contributed by atoms with Crippen LogP contribution in [0.3, 0.4) is 0 Å². The first-order valence-electron chi connectivity index (χ1n) is 7.23. The minimum Gasteiger partial charge on any atom is -0.393 e. The van der Waals surface area contributed by atoms with Crippen LogP contribution >= 0.6 is 0 Å². The molecule has 0 radical (unpaired) electrons. The SMILES string of the molecule is CC(C)(C)CCCC(=O)OC(=O)CCCC(C)(C)C. The first-order valence-corrected chi connectivity index (χ1v) is 7.23. The van der Waals surface area contributed by atoms with Crippen LogP contribution < -0.4 is 0 Å². The molecule has 3 heteroatoms. The van der Waals surface area contributed by atoms with Crippen molar-refractivity contribution in [1.29, 1.82) is 0 Å². The van der Waals surface area contributed by atoms with Crippen LogP contribution in [0.4, 0.5) is 0 Å². The van der Waals surface area contributed by atoms with E-state index in [2.05, 4.69) is 41.5 Å². The van der Waals surface area contributed by atoms with Crippen LogP contribution in [0.5, 0.6) is 0 Å². The molecule has 0 aliphatic rings. The molecule has 0 saturated heterocycles. The van der Waals surface area contributed by atoms with Crippen molar-refractivity contribution in [2.24, 2.45) is 10.8 Å². The molecule has 0 aromatic heterocycles. The largest absolute Gasteiger partial charge is 0.393 e. The lowest BCUT2D eigenvalue weighted by Gasteiger charge is -2.17. The van der Waals surface area contributed by atoms with Crippen LogP contribution in [-0.2, 0) is 14.3 Å². The van der Waals surface area contributed by atoms with Crippen LogP contribution in [0, 0.1) is 10.8 Å². The number of esters is 2. The van der Waals surface area contributed by atoms with Crippen molar-refractivity contribution in [3.05, 3.63) is 0 Å². The van der Waals surface area contributed by atoms with Crippen molar-refractivity contribution in [2.75, 3.05) is 0 Å². The molecule has 0 rings (SSSR count). The molecule has 0 aromatic carbocycles. The molecule has 0 bridgehead atoms. The van der Waals surface area contributed by atoms with Gasteiger partial charge in [0.2, 0.25) is 0 Å². The lowest BCUT2D eigenvalue weighted by Crippen LogP contribution is -2.14. The van der Waals surface area contributed by atoms with E-state index < -0.39 is 0 Å². The maximum absolute atomic E-state index is 11.5. The third kappa shape index (κ3) is 13.4. The summed E-state index contributed by atoms with van der Waals surface area (Å²) in [6.07, 6.45) is 4.14. The lowest BCUT2D eigenvalue weighted by atomic mass is 9.90. The van der Waals surface area contributed by atoms with Crippen LogP contribution in [0.15, 0.2) is 0 Å². The van der Waals surface area contributed by atoms with Gasteiger partial charge in [0.25, 0.3) is 0 Å². The molecule has 0 spiro atoms. The number of carbonyl (C=O) groups excluding carboxylic acids is 2. The molecule has 0 saturated carbocycles.